The molecule has 34 heavy (non-hydrogen) atoms. The van der Waals surface area contributed by atoms with Crippen molar-refractivity contribution in [2.24, 2.45) is 0 Å². The molecule has 0 spiro atoms. The predicted molar refractivity (Wildman–Crippen MR) is 124 cm³/mol. The Balaban J connectivity index is 1.13. The molecule has 0 aliphatic carbocycles. The smallest absolute Gasteiger partial charge is 0.422 e. The van der Waals surface area contributed by atoms with Crippen LogP contribution in [0.2, 0.25) is 0 Å². The first-order valence-electron chi connectivity index (χ1n) is 11.5. The molecule has 4 rings (SSSR count). The zero-order valence-electron chi connectivity index (χ0n) is 19.0. The Labute approximate surface area is 204 Å². The maximum absolute atomic E-state index is 12.4. The summed E-state index contributed by atoms with van der Waals surface area (Å²) in [6.45, 7) is 3.70. The van der Waals surface area contributed by atoms with Crippen molar-refractivity contribution in [2.75, 3.05) is 32.8 Å². The Bertz CT molecular complexity index is 932. The highest BCUT2D eigenvalue weighted by Crippen LogP contribution is 2.29. The van der Waals surface area contributed by atoms with Crippen LogP contribution >= 0.6 is 22.7 Å². The van der Waals surface area contributed by atoms with Crippen molar-refractivity contribution in [1.29, 1.82) is 0 Å². The quantitative estimate of drug-likeness (QED) is 0.576. The van der Waals surface area contributed by atoms with Crippen LogP contribution in [0, 0.1) is 6.92 Å². The Morgan fingerprint density at radius 2 is 2.12 bits per heavy atom. The van der Waals surface area contributed by atoms with Gasteiger partial charge in [0.1, 0.15) is 5.01 Å². The number of aryl methyl sites for hydroxylation is 1. The Morgan fingerprint density at radius 3 is 2.82 bits per heavy atom. The fraction of sp³-hybridized carbons (Fsp3) is 0.682. The molecule has 0 saturated carbocycles. The number of fused-ring (bicyclic) bond motifs is 1. The third-order valence-corrected chi connectivity index (χ3v) is 7.96. The van der Waals surface area contributed by atoms with E-state index in [1.165, 1.54) is 22.7 Å². The third kappa shape index (κ3) is 7.62. The SMILES string of the molecule is Cc1csc(CC(=O)N[C@H]2CC[C@H](CCN3CCc4nc(OCC(F)(F)F)sc4CC3)OC2)n1. The van der Waals surface area contributed by atoms with E-state index in [4.69, 9.17) is 9.47 Å². The van der Waals surface area contributed by atoms with Crippen molar-refractivity contribution < 1.29 is 27.4 Å². The van der Waals surface area contributed by atoms with E-state index >= 15 is 0 Å². The summed E-state index contributed by atoms with van der Waals surface area (Å²) < 4.78 is 47.9. The van der Waals surface area contributed by atoms with Gasteiger partial charge in [-0.3, -0.25) is 4.79 Å². The number of hydrogen-bond donors (Lipinski definition) is 1. The van der Waals surface area contributed by atoms with E-state index in [9.17, 15) is 18.0 Å². The van der Waals surface area contributed by atoms with E-state index in [1.807, 2.05) is 12.3 Å². The summed E-state index contributed by atoms with van der Waals surface area (Å²) >= 11 is 2.73. The first-order valence-corrected chi connectivity index (χ1v) is 13.2. The number of nitrogens with zero attached hydrogens (tertiary/aromatic N) is 3. The van der Waals surface area contributed by atoms with Crippen molar-refractivity contribution in [3.05, 3.63) is 26.7 Å². The van der Waals surface area contributed by atoms with Crippen molar-refractivity contribution in [2.45, 2.75) is 63.8 Å². The van der Waals surface area contributed by atoms with E-state index in [2.05, 4.69) is 20.2 Å². The van der Waals surface area contributed by atoms with Gasteiger partial charge in [0, 0.05) is 42.0 Å². The lowest BCUT2D eigenvalue weighted by molar-refractivity contribution is -0.153. The predicted octanol–water partition coefficient (Wildman–Crippen LogP) is 3.55. The molecule has 2 aromatic rings. The Hall–Kier alpha value is -1.76. The minimum atomic E-state index is -4.35. The number of carbonyl (C=O) groups excluding carboxylic acids is 1. The fourth-order valence-electron chi connectivity index (χ4n) is 4.19. The molecule has 2 aromatic heterocycles. The Morgan fingerprint density at radius 1 is 1.29 bits per heavy atom. The van der Waals surface area contributed by atoms with Gasteiger partial charge in [-0.2, -0.15) is 13.2 Å². The minimum Gasteiger partial charge on any atom is -0.460 e. The molecule has 7 nitrogen and oxygen atoms in total. The van der Waals surface area contributed by atoms with Gasteiger partial charge in [-0.05, 0) is 32.6 Å². The molecule has 188 valence electrons. The van der Waals surface area contributed by atoms with Crippen molar-refractivity contribution in [1.82, 2.24) is 20.2 Å². The number of rotatable bonds is 8. The topological polar surface area (TPSA) is 76.6 Å². The monoisotopic (exact) mass is 518 g/mol. The van der Waals surface area contributed by atoms with Gasteiger partial charge in [-0.15, -0.1) is 11.3 Å². The number of aromatic nitrogens is 2. The van der Waals surface area contributed by atoms with Gasteiger partial charge >= 0.3 is 6.18 Å². The van der Waals surface area contributed by atoms with Gasteiger partial charge in [-0.25, -0.2) is 9.97 Å². The van der Waals surface area contributed by atoms with Crippen LogP contribution in [0.15, 0.2) is 5.38 Å². The molecule has 1 amide bonds. The van der Waals surface area contributed by atoms with Gasteiger partial charge in [-0.1, -0.05) is 11.3 Å². The van der Waals surface area contributed by atoms with Crippen LogP contribution in [0.3, 0.4) is 0 Å². The maximum atomic E-state index is 12.4. The highest BCUT2D eigenvalue weighted by Gasteiger charge is 2.30. The molecule has 2 aliphatic rings. The second-order valence-corrected chi connectivity index (χ2v) is 10.7. The van der Waals surface area contributed by atoms with Crippen molar-refractivity contribution >= 4 is 28.6 Å². The molecule has 0 unspecified atom stereocenters. The summed E-state index contributed by atoms with van der Waals surface area (Å²) in [5.74, 6) is -0.0148. The zero-order chi connectivity index (χ0) is 24.1. The largest absolute Gasteiger partial charge is 0.460 e. The molecule has 2 aliphatic heterocycles. The van der Waals surface area contributed by atoms with Gasteiger partial charge in [0.15, 0.2) is 6.61 Å². The molecule has 1 fully saturated rings. The van der Waals surface area contributed by atoms with Crippen LogP contribution in [0.1, 0.15) is 40.5 Å². The molecule has 0 radical (unpaired) electrons. The number of thiazole rings is 2. The number of alkyl halides is 3. The standard InChI is InChI=1S/C22H29F3N4O3S2/c1-14-12-33-20(26-14)10-19(30)27-15-2-3-16(31-11-15)4-7-29-8-5-17-18(6-9-29)34-21(28-17)32-13-22(23,24)25/h12,15-16H,2-11,13H2,1H3,(H,27,30)/t15-,16+/m0/s1. The summed E-state index contributed by atoms with van der Waals surface area (Å²) in [5, 5.41) is 5.94. The fourth-order valence-corrected chi connectivity index (χ4v) is 5.90. The number of ether oxygens (including phenoxy) is 2. The second-order valence-electron chi connectivity index (χ2n) is 8.74. The van der Waals surface area contributed by atoms with Crippen molar-refractivity contribution in [3.63, 3.8) is 0 Å². The van der Waals surface area contributed by atoms with Crippen LogP contribution in [0.5, 0.6) is 5.19 Å². The molecule has 1 saturated heterocycles. The zero-order valence-corrected chi connectivity index (χ0v) is 20.7. The molecule has 12 heteroatoms. The van der Waals surface area contributed by atoms with Gasteiger partial charge in [0.25, 0.3) is 5.19 Å². The summed E-state index contributed by atoms with van der Waals surface area (Å²) in [4.78, 5) is 24.2. The third-order valence-electron chi connectivity index (χ3n) is 5.92. The van der Waals surface area contributed by atoms with E-state index < -0.39 is 12.8 Å². The second kappa shape index (κ2) is 11.3. The van der Waals surface area contributed by atoms with Crippen LogP contribution in [-0.4, -0.2) is 71.9 Å². The van der Waals surface area contributed by atoms with Gasteiger partial charge in [0.2, 0.25) is 5.91 Å². The molecule has 1 N–H and O–H groups in total. The van der Waals surface area contributed by atoms with E-state index in [0.29, 0.717) is 19.4 Å². The van der Waals surface area contributed by atoms with E-state index in [0.717, 1.165) is 66.6 Å². The number of nitrogens with one attached hydrogen (secondary N) is 1. The highest BCUT2D eigenvalue weighted by molar-refractivity contribution is 7.13. The minimum absolute atomic E-state index is 0.0148. The lowest BCUT2D eigenvalue weighted by Gasteiger charge is -2.31. The number of carbonyl (C=O) groups is 1. The molecule has 0 bridgehead atoms. The summed E-state index contributed by atoms with van der Waals surface area (Å²) in [6.07, 6.45) is 0.323. The van der Waals surface area contributed by atoms with E-state index in [1.54, 1.807) is 0 Å². The lowest BCUT2D eigenvalue weighted by atomic mass is 10.0. The van der Waals surface area contributed by atoms with Crippen molar-refractivity contribution in [3.8, 4) is 5.19 Å². The molecule has 0 aromatic carbocycles. The summed E-state index contributed by atoms with van der Waals surface area (Å²) in [5.41, 5.74) is 1.79. The first kappa shape index (κ1) is 25.3. The average Bonchev–Trinajstić information content (AvgIpc) is 3.32. The summed E-state index contributed by atoms with van der Waals surface area (Å²) in [6, 6.07) is 0.0406. The summed E-state index contributed by atoms with van der Waals surface area (Å²) in [7, 11) is 0. The number of hydrogen-bond acceptors (Lipinski definition) is 8. The Kier molecular flexibility index (Phi) is 8.43. The highest BCUT2D eigenvalue weighted by atomic mass is 32.1. The van der Waals surface area contributed by atoms with Crippen LogP contribution in [0.4, 0.5) is 13.2 Å². The van der Waals surface area contributed by atoms with Crippen LogP contribution in [-0.2, 0) is 28.8 Å². The molecular formula is C22H29F3N4O3S2. The molecule has 2 atom stereocenters. The van der Waals surface area contributed by atoms with E-state index in [-0.39, 0.29) is 23.2 Å². The lowest BCUT2D eigenvalue weighted by Crippen LogP contribution is -2.44. The molecular weight excluding hydrogens is 489 g/mol. The van der Waals surface area contributed by atoms with Gasteiger partial charge < -0.3 is 19.7 Å². The first-order chi connectivity index (χ1) is 16.2. The van der Waals surface area contributed by atoms with Crippen LogP contribution in [0.25, 0.3) is 0 Å². The number of amides is 1. The van der Waals surface area contributed by atoms with Crippen LogP contribution < -0.4 is 10.1 Å². The van der Waals surface area contributed by atoms with Gasteiger partial charge in [0.05, 0.1) is 30.9 Å². The maximum Gasteiger partial charge on any atom is 0.422 e. The average molecular weight is 519 g/mol. The molecule has 4 heterocycles. The number of halogens is 3. The normalized spacial score (nSPS) is 21.6.